The molecule has 6 heteroatoms. The lowest BCUT2D eigenvalue weighted by molar-refractivity contribution is -0.119. The second kappa shape index (κ2) is 8.65. The van der Waals surface area contributed by atoms with Crippen LogP contribution in [0, 0.1) is 6.92 Å². The van der Waals surface area contributed by atoms with Gasteiger partial charge in [0.15, 0.2) is 5.78 Å². The van der Waals surface area contributed by atoms with Crippen LogP contribution in [0.1, 0.15) is 42.2 Å². The molecule has 148 valence electrons. The molecule has 0 unspecified atom stereocenters. The standard InChI is InChI=1S/C23H23N3O3/c1-4-21(23(29)24-19-11-9-17(10-12-19)16(3)27)26-22(28)14-13-20(25-26)18-7-5-15(2)6-8-18/h5-14,21H,4H2,1-3H3,(H,24,29)/t21-/m0/s1. The molecule has 2 aromatic carbocycles. The predicted molar refractivity (Wildman–Crippen MR) is 113 cm³/mol. The number of nitrogens with zero attached hydrogens (tertiary/aromatic N) is 2. The highest BCUT2D eigenvalue weighted by Crippen LogP contribution is 2.19. The van der Waals surface area contributed by atoms with E-state index < -0.39 is 6.04 Å². The molecule has 0 aliphatic heterocycles. The van der Waals surface area contributed by atoms with E-state index in [4.69, 9.17) is 0 Å². The van der Waals surface area contributed by atoms with Gasteiger partial charge in [0.2, 0.25) is 5.91 Å². The van der Waals surface area contributed by atoms with Crippen molar-refractivity contribution in [1.29, 1.82) is 0 Å². The fourth-order valence-electron chi connectivity index (χ4n) is 3.01. The van der Waals surface area contributed by atoms with E-state index in [1.165, 1.54) is 17.7 Å². The van der Waals surface area contributed by atoms with Crippen LogP contribution in [0.3, 0.4) is 0 Å². The summed E-state index contributed by atoms with van der Waals surface area (Å²) in [7, 11) is 0. The van der Waals surface area contributed by atoms with Gasteiger partial charge in [0, 0.05) is 22.9 Å². The number of nitrogens with one attached hydrogen (secondary N) is 1. The smallest absolute Gasteiger partial charge is 0.267 e. The van der Waals surface area contributed by atoms with Gasteiger partial charge >= 0.3 is 0 Å². The number of carbonyl (C=O) groups excluding carboxylic acids is 2. The van der Waals surface area contributed by atoms with Gasteiger partial charge in [-0.3, -0.25) is 14.4 Å². The van der Waals surface area contributed by atoms with Gasteiger partial charge in [-0.1, -0.05) is 36.8 Å². The lowest BCUT2D eigenvalue weighted by atomic mass is 10.1. The number of anilines is 1. The lowest BCUT2D eigenvalue weighted by Crippen LogP contribution is -2.34. The first kappa shape index (κ1) is 20.2. The molecule has 6 nitrogen and oxygen atoms in total. The summed E-state index contributed by atoms with van der Waals surface area (Å²) in [5.74, 6) is -0.378. The number of hydrogen-bond acceptors (Lipinski definition) is 4. The number of rotatable bonds is 6. The summed E-state index contributed by atoms with van der Waals surface area (Å²) in [6.45, 7) is 5.31. The van der Waals surface area contributed by atoms with E-state index >= 15 is 0 Å². The van der Waals surface area contributed by atoms with Crippen LogP contribution in [-0.4, -0.2) is 21.5 Å². The third-order valence-corrected chi connectivity index (χ3v) is 4.72. The van der Waals surface area contributed by atoms with Gasteiger partial charge in [-0.05, 0) is 50.6 Å². The third-order valence-electron chi connectivity index (χ3n) is 4.72. The first-order valence-corrected chi connectivity index (χ1v) is 9.48. The molecule has 0 aliphatic carbocycles. The second-order valence-electron chi connectivity index (χ2n) is 6.91. The molecule has 1 atom stereocenters. The van der Waals surface area contributed by atoms with Gasteiger partial charge in [-0.25, -0.2) is 4.68 Å². The Morgan fingerprint density at radius 2 is 1.66 bits per heavy atom. The molecular formula is C23H23N3O3. The third kappa shape index (κ3) is 4.66. The summed E-state index contributed by atoms with van der Waals surface area (Å²) >= 11 is 0. The Kier molecular flexibility index (Phi) is 6.02. The van der Waals surface area contributed by atoms with Crippen molar-refractivity contribution in [2.24, 2.45) is 0 Å². The molecule has 0 spiro atoms. The predicted octanol–water partition coefficient (Wildman–Crippen LogP) is 4.01. The van der Waals surface area contributed by atoms with Crippen molar-refractivity contribution in [2.45, 2.75) is 33.2 Å². The van der Waals surface area contributed by atoms with Crippen molar-refractivity contribution in [3.8, 4) is 11.3 Å². The molecule has 0 radical (unpaired) electrons. The molecule has 1 heterocycles. The minimum Gasteiger partial charge on any atom is -0.324 e. The highest BCUT2D eigenvalue weighted by atomic mass is 16.2. The zero-order valence-corrected chi connectivity index (χ0v) is 16.7. The van der Waals surface area contributed by atoms with Crippen LogP contribution in [0.15, 0.2) is 65.5 Å². The molecule has 0 saturated heterocycles. The van der Waals surface area contributed by atoms with Crippen LogP contribution in [0.4, 0.5) is 5.69 Å². The summed E-state index contributed by atoms with van der Waals surface area (Å²) in [4.78, 5) is 36.6. The Hall–Kier alpha value is -3.54. The van der Waals surface area contributed by atoms with Crippen molar-refractivity contribution in [3.63, 3.8) is 0 Å². The van der Waals surface area contributed by atoms with Crippen molar-refractivity contribution in [1.82, 2.24) is 9.78 Å². The van der Waals surface area contributed by atoms with Gasteiger partial charge in [-0.2, -0.15) is 5.10 Å². The van der Waals surface area contributed by atoms with Crippen molar-refractivity contribution in [3.05, 3.63) is 82.1 Å². The maximum atomic E-state index is 12.8. The normalized spacial score (nSPS) is 11.7. The molecule has 0 aliphatic rings. The lowest BCUT2D eigenvalue weighted by Gasteiger charge is -2.17. The Balaban J connectivity index is 1.87. The van der Waals surface area contributed by atoms with Gasteiger partial charge in [0.05, 0.1) is 5.69 Å². The Morgan fingerprint density at radius 3 is 2.24 bits per heavy atom. The highest BCUT2D eigenvalue weighted by Gasteiger charge is 2.21. The Morgan fingerprint density at radius 1 is 1.00 bits per heavy atom. The fourth-order valence-corrected chi connectivity index (χ4v) is 3.01. The van der Waals surface area contributed by atoms with E-state index in [9.17, 15) is 14.4 Å². The molecule has 29 heavy (non-hydrogen) atoms. The van der Waals surface area contributed by atoms with Gasteiger partial charge < -0.3 is 5.32 Å². The van der Waals surface area contributed by atoms with Gasteiger partial charge in [0.25, 0.3) is 5.56 Å². The molecule has 1 N–H and O–H groups in total. The molecule has 3 rings (SSSR count). The monoisotopic (exact) mass is 389 g/mol. The summed E-state index contributed by atoms with van der Waals surface area (Å²) in [5.41, 5.74) is 3.42. The minimum absolute atomic E-state index is 0.0435. The highest BCUT2D eigenvalue weighted by molar-refractivity contribution is 5.96. The molecule has 1 amide bonds. The van der Waals surface area contributed by atoms with E-state index in [0.29, 0.717) is 23.4 Å². The number of amides is 1. The number of aromatic nitrogens is 2. The van der Waals surface area contributed by atoms with Crippen LogP contribution in [0.5, 0.6) is 0 Å². The van der Waals surface area contributed by atoms with E-state index in [1.807, 2.05) is 38.1 Å². The maximum Gasteiger partial charge on any atom is 0.267 e. The van der Waals surface area contributed by atoms with Gasteiger partial charge in [-0.15, -0.1) is 0 Å². The van der Waals surface area contributed by atoms with E-state index in [-0.39, 0.29) is 17.2 Å². The number of hydrogen-bond donors (Lipinski definition) is 1. The molecule has 3 aromatic rings. The first-order valence-electron chi connectivity index (χ1n) is 9.48. The van der Waals surface area contributed by atoms with Crippen LogP contribution < -0.4 is 10.9 Å². The second-order valence-corrected chi connectivity index (χ2v) is 6.91. The molecule has 0 fully saturated rings. The van der Waals surface area contributed by atoms with Crippen molar-refractivity contribution in [2.75, 3.05) is 5.32 Å². The number of Topliss-reactive ketones (excluding diaryl/α,β-unsaturated/α-hetero) is 1. The summed E-state index contributed by atoms with van der Waals surface area (Å²) in [5, 5.41) is 7.24. The van der Waals surface area contributed by atoms with Crippen LogP contribution in [0.2, 0.25) is 0 Å². The molecule has 0 saturated carbocycles. The SMILES string of the molecule is CC[C@@H](C(=O)Nc1ccc(C(C)=O)cc1)n1nc(-c2ccc(C)cc2)ccc1=O. The first-order chi connectivity index (χ1) is 13.9. The van der Waals surface area contributed by atoms with Crippen LogP contribution in [0.25, 0.3) is 11.3 Å². The minimum atomic E-state index is -0.750. The van der Waals surface area contributed by atoms with Crippen molar-refractivity contribution >= 4 is 17.4 Å². The van der Waals surface area contributed by atoms with E-state index in [0.717, 1.165) is 11.1 Å². The van der Waals surface area contributed by atoms with Crippen molar-refractivity contribution < 1.29 is 9.59 Å². The summed E-state index contributed by atoms with van der Waals surface area (Å²) in [6.07, 6.45) is 0.404. The topological polar surface area (TPSA) is 81.1 Å². The molecule has 1 aromatic heterocycles. The molecule has 0 bridgehead atoms. The summed E-state index contributed by atoms with van der Waals surface area (Å²) < 4.78 is 1.23. The number of ketones is 1. The van der Waals surface area contributed by atoms with Crippen LogP contribution in [-0.2, 0) is 4.79 Å². The Bertz CT molecular complexity index is 1080. The fraction of sp³-hybridized carbons (Fsp3) is 0.217. The number of aryl methyl sites for hydroxylation is 1. The summed E-state index contributed by atoms with van der Waals surface area (Å²) in [6, 6.07) is 16.8. The quantitative estimate of drug-likeness (QED) is 0.646. The zero-order valence-electron chi connectivity index (χ0n) is 16.7. The Labute approximate surface area is 169 Å². The van der Waals surface area contributed by atoms with Crippen LogP contribution >= 0.6 is 0 Å². The number of benzene rings is 2. The van der Waals surface area contributed by atoms with Gasteiger partial charge in [0.1, 0.15) is 6.04 Å². The number of carbonyl (C=O) groups is 2. The average molecular weight is 389 g/mol. The van der Waals surface area contributed by atoms with E-state index in [2.05, 4.69) is 10.4 Å². The maximum absolute atomic E-state index is 12.8. The molecular weight excluding hydrogens is 366 g/mol. The largest absolute Gasteiger partial charge is 0.324 e. The zero-order chi connectivity index (χ0) is 21.0. The van der Waals surface area contributed by atoms with E-state index in [1.54, 1.807) is 30.3 Å². The average Bonchev–Trinajstić information content (AvgIpc) is 2.71.